The van der Waals surface area contributed by atoms with Crippen molar-refractivity contribution in [2.45, 2.75) is 31.8 Å². The summed E-state index contributed by atoms with van der Waals surface area (Å²) in [6.07, 6.45) is 2.06. The molecule has 146 valence electrons. The van der Waals surface area contributed by atoms with Gasteiger partial charge >= 0.3 is 5.69 Å². The maximum Gasteiger partial charge on any atom is 0.345 e. The van der Waals surface area contributed by atoms with Crippen molar-refractivity contribution in [3.05, 3.63) is 58.5 Å². The molecule has 0 spiro atoms. The molecule has 0 bridgehead atoms. The quantitative estimate of drug-likeness (QED) is 0.745. The molecule has 0 fully saturated rings. The third-order valence-electron chi connectivity index (χ3n) is 5.04. The SMILES string of the molecule is COc1ccc(-c2ccc(C(=O)NC3CCc4nn(C)c(=O)n4CC3)o2)cc1. The van der Waals surface area contributed by atoms with Crippen LogP contribution < -0.4 is 15.7 Å². The Morgan fingerprint density at radius 1 is 1.21 bits per heavy atom. The van der Waals surface area contributed by atoms with Gasteiger partial charge in [0.15, 0.2) is 5.76 Å². The number of fused-ring (bicyclic) bond motifs is 1. The second kappa shape index (κ2) is 7.38. The number of rotatable bonds is 4. The molecular weight excluding hydrogens is 360 g/mol. The van der Waals surface area contributed by atoms with Crippen molar-refractivity contribution in [2.75, 3.05) is 7.11 Å². The van der Waals surface area contributed by atoms with Gasteiger partial charge in [-0.05, 0) is 49.2 Å². The molecule has 2 aromatic heterocycles. The zero-order valence-electron chi connectivity index (χ0n) is 15.8. The molecule has 1 atom stereocenters. The van der Waals surface area contributed by atoms with Gasteiger partial charge in [0.1, 0.15) is 17.3 Å². The summed E-state index contributed by atoms with van der Waals surface area (Å²) in [6.45, 7) is 0.544. The van der Waals surface area contributed by atoms with Gasteiger partial charge in [0.05, 0.1) is 7.11 Å². The summed E-state index contributed by atoms with van der Waals surface area (Å²) in [5, 5.41) is 7.27. The van der Waals surface area contributed by atoms with E-state index in [4.69, 9.17) is 9.15 Å². The fourth-order valence-corrected chi connectivity index (χ4v) is 3.47. The second-order valence-corrected chi connectivity index (χ2v) is 6.86. The van der Waals surface area contributed by atoms with E-state index in [0.717, 1.165) is 23.6 Å². The van der Waals surface area contributed by atoms with Gasteiger partial charge in [-0.25, -0.2) is 9.48 Å². The van der Waals surface area contributed by atoms with Crippen LogP contribution >= 0.6 is 0 Å². The summed E-state index contributed by atoms with van der Waals surface area (Å²) >= 11 is 0. The Morgan fingerprint density at radius 3 is 2.75 bits per heavy atom. The zero-order valence-corrected chi connectivity index (χ0v) is 15.8. The van der Waals surface area contributed by atoms with Crippen LogP contribution in [0.3, 0.4) is 0 Å². The average Bonchev–Trinajstić information content (AvgIpc) is 3.24. The fraction of sp³-hybridized carbons (Fsp3) is 0.350. The predicted molar refractivity (Wildman–Crippen MR) is 102 cm³/mol. The van der Waals surface area contributed by atoms with E-state index in [-0.39, 0.29) is 23.4 Å². The summed E-state index contributed by atoms with van der Waals surface area (Å²) in [4.78, 5) is 24.6. The highest BCUT2D eigenvalue weighted by Gasteiger charge is 2.22. The highest BCUT2D eigenvalue weighted by molar-refractivity contribution is 5.92. The number of hydrogen-bond acceptors (Lipinski definition) is 5. The first-order valence-corrected chi connectivity index (χ1v) is 9.23. The number of aromatic nitrogens is 3. The van der Waals surface area contributed by atoms with E-state index in [0.29, 0.717) is 25.1 Å². The van der Waals surface area contributed by atoms with E-state index >= 15 is 0 Å². The molecule has 0 saturated carbocycles. The maximum absolute atomic E-state index is 12.6. The van der Waals surface area contributed by atoms with Crippen molar-refractivity contribution < 1.29 is 13.9 Å². The molecule has 1 amide bonds. The molecule has 0 aliphatic carbocycles. The van der Waals surface area contributed by atoms with Gasteiger partial charge in [0, 0.05) is 31.6 Å². The third-order valence-corrected chi connectivity index (χ3v) is 5.04. The molecule has 3 aromatic rings. The minimum atomic E-state index is -0.253. The highest BCUT2D eigenvalue weighted by atomic mass is 16.5. The molecule has 8 nitrogen and oxygen atoms in total. The number of aryl methyl sites for hydroxylation is 2. The maximum atomic E-state index is 12.6. The topological polar surface area (TPSA) is 91.3 Å². The molecule has 1 aliphatic heterocycles. The van der Waals surface area contributed by atoms with Gasteiger partial charge in [-0.2, -0.15) is 5.10 Å². The lowest BCUT2D eigenvalue weighted by molar-refractivity contribution is 0.0905. The molecule has 8 heteroatoms. The van der Waals surface area contributed by atoms with E-state index in [1.165, 1.54) is 4.68 Å². The number of nitrogens with zero attached hydrogens (tertiary/aromatic N) is 3. The molecule has 1 unspecified atom stereocenters. The smallest absolute Gasteiger partial charge is 0.345 e. The van der Waals surface area contributed by atoms with Crippen molar-refractivity contribution in [3.8, 4) is 17.1 Å². The number of hydrogen-bond donors (Lipinski definition) is 1. The van der Waals surface area contributed by atoms with Crippen LogP contribution in [-0.2, 0) is 20.0 Å². The monoisotopic (exact) mass is 382 g/mol. The summed E-state index contributed by atoms with van der Waals surface area (Å²) in [6, 6.07) is 10.9. The minimum Gasteiger partial charge on any atom is -0.497 e. The lowest BCUT2D eigenvalue weighted by Crippen LogP contribution is -2.35. The van der Waals surface area contributed by atoms with E-state index in [2.05, 4.69) is 10.4 Å². The van der Waals surface area contributed by atoms with E-state index in [9.17, 15) is 9.59 Å². The Balaban J connectivity index is 1.41. The Morgan fingerprint density at radius 2 is 2.00 bits per heavy atom. The number of furan rings is 1. The molecule has 3 heterocycles. The van der Waals surface area contributed by atoms with Crippen LogP contribution in [0.15, 0.2) is 45.6 Å². The van der Waals surface area contributed by atoms with Crippen molar-refractivity contribution in [3.63, 3.8) is 0 Å². The molecule has 0 radical (unpaired) electrons. The highest BCUT2D eigenvalue weighted by Crippen LogP contribution is 2.24. The van der Waals surface area contributed by atoms with E-state index in [1.807, 2.05) is 24.3 Å². The van der Waals surface area contributed by atoms with Crippen LogP contribution in [0, 0.1) is 0 Å². The van der Waals surface area contributed by atoms with Gasteiger partial charge in [0.2, 0.25) is 0 Å². The van der Waals surface area contributed by atoms with Gasteiger partial charge in [0.25, 0.3) is 5.91 Å². The van der Waals surface area contributed by atoms with Crippen LogP contribution in [-0.4, -0.2) is 33.4 Å². The first-order valence-electron chi connectivity index (χ1n) is 9.23. The summed E-state index contributed by atoms with van der Waals surface area (Å²) in [7, 11) is 3.27. The predicted octanol–water partition coefficient (Wildman–Crippen LogP) is 1.99. The molecule has 4 rings (SSSR count). The van der Waals surface area contributed by atoms with Crippen LogP contribution in [0.1, 0.15) is 29.2 Å². The number of nitrogens with one attached hydrogen (secondary N) is 1. The lowest BCUT2D eigenvalue weighted by atomic mass is 10.1. The Kier molecular flexibility index (Phi) is 4.77. The molecule has 28 heavy (non-hydrogen) atoms. The number of carbonyl (C=O) groups is 1. The molecular formula is C20H22N4O4. The number of carbonyl (C=O) groups excluding carboxylic acids is 1. The lowest BCUT2D eigenvalue weighted by Gasteiger charge is -2.14. The Hall–Kier alpha value is -3.29. The number of methoxy groups -OCH3 is 1. The Labute approximate surface area is 161 Å². The average molecular weight is 382 g/mol. The van der Waals surface area contributed by atoms with Crippen LogP contribution in [0.2, 0.25) is 0 Å². The third kappa shape index (κ3) is 3.45. The number of ether oxygens (including phenoxy) is 1. The molecule has 1 aliphatic rings. The fourth-order valence-electron chi connectivity index (χ4n) is 3.47. The normalized spacial score (nSPS) is 16.3. The standard InChI is InChI=1S/C20H22N4O4/c1-23-20(26)24-12-11-14(5-10-18(24)22-23)21-19(25)17-9-8-16(28-17)13-3-6-15(27-2)7-4-13/h3-4,6-9,14H,5,10-12H2,1-2H3,(H,21,25). The van der Waals surface area contributed by atoms with Crippen molar-refractivity contribution in [2.24, 2.45) is 7.05 Å². The van der Waals surface area contributed by atoms with Crippen LogP contribution in [0.25, 0.3) is 11.3 Å². The first kappa shape index (κ1) is 18.1. The van der Waals surface area contributed by atoms with E-state index < -0.39 is 0 Å². The molecule has 1 N–H and O–H groups in total. The second-order valence-electron chi connectivity index (χ2n) is 6.86. The van der Waals surface area contributed by atoms with Crippen LogP contribution in [0.4, 0.5) is 0 Å². The van der Waals surface area contributed by atoms with Crippen LogP contribution in [0.5, 0.6) is 5.75 Å². The van der Waals surface area contributed by atoms with Gasteiger partial charge in [-0.15, -0.1) is 0 Å². The summed E-state index contributed by atoms with van der Waals surface area (Å²) in [5.41, 5.74) is 0.757. The van der Waals surface area contributed by atoms with Crippen molar-refractivity contribution in [1.29, 1.82) is 0 Å². The molecule has 1 aromatic carbocycles. The van der Waals surface area contributed by atoms with Gasteiger partial charge in [-0.1, -0.05) is 0 Å². The van der Waals surface area contributed by atoms with Gasteiger partial charge < -0.3 is 14.5 Å². The number of benzene rings is 1. The number of amides is 1. The minimum absolute atomic E-state index is 0.0338. The Bertz CT molecular complexity index is 1050. The van der Waals surface area contributed by atoms with Crippen molar-refractivity contribution >= 4 is 5.91 Å². The van der Waals surface area contributed by atoms with E-state index in [1.54, 1.807) is 30.9 Å². The largest absolute Gasteiger partial charge is 0.497 e. The summed E-state index contributed by atoms with van der Waals surface area (Å²) < 4.78 is 13.9. The summed E-state index contributed by atoms with van der Waals surface area (Å²) in [5.74, 6) is 2.17. The molecule has 0 saturated heterocycles. The first-order chi connectivity index (χ1) is 13.5. The zero-order chi connectivity index (χ0) is 19.7. The van der Waals surface area contributed by atoms with Crippen molar-refractivity contribution in [1.82, 2.24) is 19.7 Å². The van der Waals surface area contributed by atoms with Gasteiger partial charge in [-0.3, -0.25) is 9.36 Å².